The Kier molecular flexibility index (Phi) is 6.88. The molecular weight excluding hydrogens is 753 g/mol. The normalized spacial score (nSPS) is 15.0. The van der Waals surface area contributed by atoms with Crippen LogP contribution in [0.15, 0.2) is 205 Å². The molecule has 3 aliphatic carbocycles. The molecule has 3 heteroatoms. The van der Waals surface area contributed by atoms with Gasteiger partial charge in [0.05, 0.1) is 16.6 Å². The van der Waals surface area contributed by atoms with Crippen molar-refractivity contribution < 1.29 is 4.42 Å². The van der Waals surface area contributed by atoms with Crippen LogP contribution in [0, 0.1) is 0 Å². The van der Waals surface area contributed by atoms with Crippen LogP contribution in [0.5, 0.6) is 0 Å². The van der Waals surface area contributed by atoms with E-state index < -0.39 is 0 Å². The van der Waals surface area contributed by atoms with Crippen molar-refractivity contribution in [3.8, 4) is 56.0 Å². The van der Waals surface area contributed by atoms with Crippen molar-refractivity contribution in [1.82, 2.24) is 9.97 Å². The van der Waals surface area contributed by atoms with Crippen molar-refractivity contribution >= 4 is 32.8 Å². The molecule has 2 heterocycles. The maximum Gasteiger partial charge on any atom is 0.160 e. The van der Waals surface area contributed by atoms with Crippen molar-refractivity contribution in [1.29, 1.82) is 0 Å². The van der Waals surface area contributed by atoms with Crippen molar-refractivity contribution in [2.45, 2.75) is 17.8 Å². The summed E-state index contributed by atoms with van der Waals surface area (Å²) in [5.41, 5.74) is 22.8. The number of rotatable bonds is 3. The molecule has 0 bridgehead atoms. The minimum absolute atomic E-state index is 0.147. The van der Waals surface area contributed by atoms with Crippen molar-refractivity contribution in [2.75, 3.05) is 0 Å². The van der Waals surface area contributed by atoms with Gasteiger partial charge in [0.15, 0.2) is 5.82 Å². The van der Waals surface area contributed by atoms with Gasteiger partial charge in [0.2, 0.25) is 0 Å². The lowest BCUT2D eigenvalue weighted by atomic mass is 9.69. The highest BCUT2D eigenvalue weighted by Crippen LogP contribution is 2.64. The van der Waals surface area contributed by atoms with Crippen molar-refractivity contribution in [3.05, 3.63) is 239 Å². The molecule has 0 saturated heterocycles. The van der Waals surface area contributed by atoms with Crippen LogP contribution < -0.4 is 0 Å². The summed E-state index contributed by atoms with van der Waals surface area (Å²) in [5, 5.41) is 3.20. The van der Waals surface area contributed by atoms with E-state index in [9.17, 15) is 0 Å². The number of fused-ring (bicyclic) bond motifs is 18. The lowest BCUT2D eigenvalue weighted by Gasteiger charge is -2.33. The molecule has 0 aliphatic heterocycles. The summed E-state index contributed by atoms with van der Waals surface area (Å²) in [6, 6.07) is 73.2. The molecule has 0 N–H and O–H groups in total. The smallest absolute Gasteiger partial charge is 0.160 e. The van der Waals surface area contributed by atoms with Gasteiger partial charge in [-0.3, -0.25) is 0 Å². The Morgan fingerprint density at radius 3 is 1.90 bits per heavy atom. The number of hydrogen-bond acceptors (Lipinski definition) is 3. The SMILES string of the molecule is c1ccc(-c2nc(-c3cccc4c3oc3ccc(C5Cc6c(ccc7c6-c6ccccc6C76c7ccccc7-c7ccccc76)-c6ccccc65)cc34)c3ccccc3n2)cc1. The van der Waals surface area contributed by atoms with Gasteiger partial charge in [-0.2, -0.15) is 0 Å². The van der Waals surface area contributed by atoms with Gasteiger partial charge in [-0.05, 0) is 103 Å². The van der Waals surface area contributed by atoms with Crippen LogP contribution in [0.2, 0.25) is 0 Å². The van der Waals surface area contributed by atoms with Gasteiger partial charge in [-0.25, -0.2) is 9.97 Å². The second-order valence-corrected chi connectivity index (χ2v) is 17.1. The molecule has 288 valence electrons. The maximum atomic E-state index is 6.85. The molecule has 1 spiro atoms. The highest BCUT2D eigenvalue weighted by molar-refractivity contribution is 6.12. The third-order valence-electron chi connectivity index (χ3n) is 14.1. The van der Waals surface area contributed by atoms with Crippen LogP contribution in [0.25, 0.3) is 88.9 Å². The summed E-state index contributed by atoms with van der Waals surface area (Å²) in [6.45, 7) is 0. The average Bonchev–Trinajstić information content (AvgIpc) is 3.98. The van der Waals surface area contributed by atoms with Gasteiger partial charge >= 0.3 is 0 Å². The quantitative estimate of drug-likeness (QED) is 0.179. The van der Waals surface area contributed by atoms with E-state index in [1.807, 2.05) is 24.3 Å². The summed E-state index contributed by atoms with van der Waals surface area (Å²) < 4.78 is 6.85. The largest absolute Gasteiger partial charge is 0.455 e. The summed E-state index contributed by atoms with van der Waals surface area (Å²) in [6.07, 6.45) is 0.894. The summed E-state index contributed by atoms with van der Waals surface area (Å²) in [4.78, 5) is 10.2. The molecule has 62 heavy (non-hydrogen) atoms. The second-order valence-electron chi connectivity index (χ2n) is 17.1. The fraction of sp³-hybridized carbons (Fsp3) is 0.0508. The van der Waals surface area contributed by atoms with E-state index in [0.717, 1.165) is 56.1 Å². The maximum absolute atomic E-state index is 6.85. The van der Waals surface area contributed by atoms with E-state index in [2.05, 4.69) is 176 Å². The first-order chi connectivity index (χ1) is 30.8. The van der Waals surface area contributed by atoms with Crippen LogP contribution in [-0.4, -0.2) is 9.97 Å². The fourth-order valence-electron chi connectivity index (χ4n) is 11.6. The van der Waals surface area contributed by atoms with Crippen LogP contribution in [0.1, 0.15) is 44.9 Å². The van der Waals surface area contributed by atoms with Crippen molar-refractivity contribution in [2.24, 2.45) is 0 Å². The average molecular weight is 789 g/mol. The van der Waals surface area contributed by atoms with Gasteiger partial charge < -0.3 is 4.42 Å². The highest BCUT2D eigenvalue weighted by atomic mass is 16.3. The van der Waals surface area contributed by atoms with E-state index in [4.69, 9.17) is 14.4 Å². The molecule has 3 aliphatic rings. The Hall–Kier alpha value is -7.88. The molecule has 0 saturated carbocycles. The fourth-order valence-corrected chi connectivity index (χ4v) is 11.6. The van der Waals surface area contributed by atoms with Crippen LogP contribution >= 0.6 is 0 Å². The number of hydrogen-bond donors (Lipinski definition) is 0. The first-order valence-corrected chi connectivity index (χ1v) is 21.6. The molecule has 1 unspecified atom stereocenters. The third kappa shape index (κ3) is 4.44. The van der Waals surface area contributed by atoms with Gasteiger partial charge in [-0.1, -0.05) is 176 Å². The molecule has 9 aromatic carbocycles. The Morgan fingerprint density at radius 2 is 1.10 bits per heavy atom. The monoisotopic (exact) mass is 788 g/mol. The molecule has 0 radical (unpaired) electrons. The molecule has 3 nitrogen and oxygen atoms in total. The Morgan fingerprint density at radius 1 is 0.452 bits per heavy atom. The molecule has 14 rings (SSSR count). The van der Waals surface area contributed by atoms with Crippen molar-refractivity contribution in [3.63, 3.8) is 0 Å². The zero-order valence-electron chi connectivity index (χ0n) is 33.6. The van der Waals surface area contributed by atoms with Crippen LogP contribution in [-0.2, 0) is 11.8 Å². The molecule has 0 fully saturated rings. The lowest BCUT2D eigenvalue weighted by Crippen LogP contribution is -2.26. The Labute approximate surface area is 358 Å². The number of nitrogens with zero attached hydrogens (tertiary/aromatic N) is 2. The van der Waals surface area contributed by atoms with Gasteiger partial charge in [-0.15, -0.1) is 0 Å². The van der Waals surface area contributed by atoms with Crippen LogP contribution in [0.3, 0.4) is 0 Å². The molecule has 2 aromatic heterocycles. The Bertz CT molecular complexity index is 3640. The zero-order valence-corrected chi connectivity index (χ0v) is 33.6. The minimum Gasteiger partial charge on any atom is -0.455 e. The molecule has 1 atom stereocenters. The number of para-hydroxylation sites is 2. The van der Waals surface area contributed by atoms with E-state index in [0.29, 0.717) is 5.82 Å². The third-order valence-corrected chi connectivity index (χ3v) is 14.1. The predicted octanol–water partition coefficient (Wildman–Crippen LogP) is 14.6. The lowest BCUT2D eigenvalue weighted by molar-refractivity contribution is 0.669. The van der Waals surface area contributed by atoms with Crippen LogP contribution in [0.4, 0.5) is 0 Å². The minimum atomic E-state index is -0.371. The summed E-state index contributed by atoms with van der Waals surface area (Å²) in [5.74, 6) is 0.848. The number of furan rings is 1. The van der Waals surface area contributed by atoms with Gasteiger partial charge in [0, 0.05) is 33.2 Å². The van der Waals surface area contributed by atoms with E-state index in [1.165, 1.54) is 72.3 Å². The van der Waals surface area contributed by atoms with E-state index in [-0.39, 0.29) is 11.3 Å². The zero-order chi connectivity index (χ0) is 40.5. The van der Waals surface area contributed by atoms with E-state index in [1.54, 1.807) is 0 Å². The van der Waals surface area contributed by atoms with Gasteiger partial charge in [0.25, 0.3) is 0 Å². The molecule has 11 aromatic rings. The number of benzene rings is 9. The van der Waals surface area contributed by atoms with E-state index >= 15 is 0 Å². The number of aromatic nitrogens is 2. The first kappa shape index (κ1) is 33.9. The van der Waals surface area contributed by atoms with Gasteiger partial charge in [0.1, 0.15) is 11.2 Å². The predicted molar refractivity (Wildman–Crippen MR) is 251 cm³/mol. The topological polar surface area (TPSA) is 38.9 Å². The first-order valence-electron chi connectivity index (χ1n) is 21.6. The molecular formula is C59H36N2O. The summed E-state index contributed by atoms with van der Waals surface area (Å²) >= 11 is 0. The second kappa shape index (κ2) is 12.6. The molecule has 0 amide bonds. The summed E-state index contributed by atoms with van der Waals surface area (Å²) in [7, 11) is 0. The standard InChI is InChI=1S/C59H36N2O/c1-2-15-35(16-3-1)58-60-53-28-13-9-22-44(53)56(61-58)45-24-14-23-42-47-33-36(29-32-54(47)62-57(42)45)46-34-48-39(37-17-4-5-18-38(37)46)30-31-52-55(48)43-21-8-12-27-51(43)59(52)49-25-10-6-19-40(49)41-20-7-11-26-50(41)59/h1-33,46H,34H2. The highest BCUT2D eigenvalue weighted by Gasteiger charge is 2.52. The Balaban J connectivity index is 0.955.